The Bertz CT molecular complexity index is 817. The molecule has 2 atom stereocenters. The van der Waals surface area contributed by atoms with E-state index in [4.69, 9.17) is 9.16 Å². The molecule has 4 nitrogen and oxygen atoms in total. The van der Waals surface area contributed by atoms with Crippen LogP contribution in [0.1, 0.15) is 131 Å². The molecule has 1 amide bonds. The van der Waals surface area contributed by atoms with Crippen molar-refractivity contribution in [2.75, 3.05) is 6.61 Å². The Kier molecular flexibility index (Phi) is 16.2. The van der Waals surface area contributed by atoms with Crippen molar-refractivity contribution in [1.29, 1.82) is 0 Å². The van der Waals surface area contributed by atoms with Gasteiger partial charge in [0.15, 0.2) is 8.32 Å². The normalized spacial score (nSPS) is 18.1. The van der Waals surface area contributed by atoms with E-state index in [1.165, 1.54) is 70.6 Å². The fraction of sp³-hybridized carbons (Fsp3) is 0.743. The summed E-state index contributed by atoms with van der Waals surface area (Å²) in [5.41, 5.74) is 2.63. The van der Waals surface area contributed by atoms with Crippen LogP contribution in [-0.2, 0) is 15.7 Å². The average molecular weight is 572 g/mol. The second-order valence-corrected chi connectivity index (χ2v) is 18.4. The summed E-state index contributed by atoms with van der Waals surface area (Å²) in [6.07, 6.45) is 19.8. The average Bonchev–Trinajstić information content (AvgIpc) is 3.20. The van der Waals surface area contributed by atoms with Crippen LogP contribution in [0.3, 0.4) is 0 Å². The van der Waals surface area contributed by atoms with Crippen molar-refractivity contribution in [2.45, 2.75) is 161 Å². The lowest BCUT2D eigenvalue weighted by atomic mass is 10.0. The van der Waals surface area contributed by atoms with Gasteiger partial charge in [-0.1, -0.05) is 149 Å². The molecule has 0 spiro atoms. The highest BCUT2D eigenvalue weighted by molar-refractivity contribution is 6.77. The fourth-order valence-electron chi connectivity index (χ4n) is 6.78. The minimum atomic E-state index is -2.06. The molecule has 1 aliphatic heterocycles. The standard InChI is InChI=1S/C35H61NO3Si/c1-8-9-10-11-12-13-14-15-16-17-18-19-23-26-34-33(28-38-40(29(2)3,30(4)5)31(6)7)36(35(37)39-34)27-32-24-21-20-22-25-32/h20-26,29-31,33-34H,8-19,27-28H2,1-7H3/b26-23+/t33-,34-/m0/s1. The van der Waals surface area contributed by atoms with Crippen LogP contribution < -0.4 is 0 Å². The molecular formula is C35H61NO3Si. The number of nitrogens with zero attached hydrogens (tertiary/aromatic N) is 1. The number of benzene rings is 1. The highest BCUT2D eigenvalue weighted by Crippen LogP contribution is 2.43. The van der Waals surface area contributed by atoms with E-state index in [0.717, 1.165) is 12.0 Å². The molecule has 0 bridgehead atoms. The van der Waals surface area contributed by atoms with Crippen molar-refractivity contribution in [3.63, 3.8) is 0 Å². The van der Waals surface area contributed by atoms with Crippen molar-refractivity contribution in [3.05, 3.63) is 48.0 Å². The van der Waals surface area contributed by atoms with Crippen LogP contribution in [0.5, 0.6) is 0 Å². The lowest BCUT2D eigenvalue weighted by Crippen LogP contribution is -2.51. The lowest BCUT2D eigenvalue weighted by Gasteiger charge is -2.43. The maximum Gasteiger partial charge on any atom is 0.411 e. The molecular weight excluding hydrogens is 510 g/mol. The van der Waals surface area contributed by atoms with Crippen LogP contribution in [0.2, 0.25) is 16.6 Å². The van der Waals surface area contributed by atoms with E-state index in [-0.39, 0.29) is 18.2 Å². The van der Waals surface area contributed by atoms with E-state index in [1.54, 1.807) is 0 Å². The zero-order valence-corrected chi connectivity index (χ0v) is 28.0. The smallest absolute Gasteiger partial charge is 0.411 e. The van der Waals surface area contributed by atoms with Crippen molar-refractivity contribution in [2.24, 2.45) is 0 Å². The molecule has 1 aliphatic rings. The Labute approximate surface area is 248 Å². The van der Waals surface area contributed by atoms with Crippen molar-refractivity contribution in [3.8, 4) is 0 Å². The van der Waals surface area contributed by atoms with E-state index in [0.29, 0.717) is 29.8 Å². The number of carbonyl (C=O) groups excluding carboxylic acids is 1. The summed E-state index contributed by atoms with van der Waals surface area (Å²) < 4.78 is 12.9. The molecule has 1 saturated heterocycles. The summed E-state index contributed by atoms with van der Waals surface area (Å²) >= 11 is 0. The van der Waals surface area contributed by atoms with E-state index < -0.39 is 8.32 Å². The van der Waals surface area contributed by atoms with E-state index in [1.807, 2.05) is 23.1 Å². The van der Waals surface area contributed by atoms with Crippen molar-refractivity contribution < 1.29 is 14.0 Å². The highest BCUT2D eigenvalue weighted by atomic mass is 28.4. The van der Waals surface area contributed by atoms with E-state index in [2.05, 4.69) is 72.8 Å². The Morgan fingerprint density at radius 3 is 1.88 bits per heavy atom. The topological polar surface area (TPSA) is 38.8 Å². The first-order chi connectivity index (χ1) is 19.2. The zero-order chi connectivity index (χ0) is 29.4. The molecule has 1 heterocycles. The number of allylic oxidation sites excluding steroid dienone is 1. The van der Waals surface area contributed by atoms with Gasteiger partial charge < -0.3 is 9.16 Å². The number of unbranched alkanes of at least 4 members (excludes halogenated alkanes) is 11. The van der Waals surface area contributed by atoms with Gasteiger partial charge in [-0.25, -0.2) is 4.79 Å². The van der Waals surface area contributed by atoms with Gasteiger partial charge in [-0.3, -0.25) is 4.90 Å². The number of cyclic esters (lactones) is 1. The highest BCUT2D eigenvalue weighted by Gasteiger charge is 2.48. The summed E-state index contributed by atoms with van der Waals surface area (Å²) in [6.45, 7) is 17.3. The van der Waals surface area contributed by atoms with Crippen molar-refractivity contribution >= 4 is 14.4 Å². The van der Waals surface area contributed by atoms with Crippen molar-refractivity contribution in [1.82, 2.24) is 4.90 Å². The number of hydrogen-bond donors (Lipinski definition) is 0. The predicted octanol–water partition coefficient (Wildman–Crippen LogP) is 10.8. The van der Waals surface area contributed by atoms with Crippen LogP contribution in [0.15, 0.2) is 42.5 Å². The van der Waals surface area contributed by atoms with Gasteiger partial charge in [-0.05, 0) is 41.1 Å². The number of rotatable bonds is 21. The molecule has 1 aromatic rings. The second kappa shape index (κ2) is 18.8. The zero-order valence-electron chi connectivity index (χ0n) is 27.0. The maximum absolute atomic E-state index is 13.1. The quantitative estimate of drug-likeness (QED) is 0.0836. The summed E-state index contributed by atoms with van der Waals surface area (Å²) in [5, 5.41) is 0. The third kappa shape index (κ3) is 10.7. The van der Waals surface area contributed by atoms with Gasteiger partial charge in [0.05, 0.1) is 12.6 Å². The lowest BCUT2D eigenvalue weighted by molar-refractivity contribution is 0.143. The number of amides is 1. The Morgan fingerprint density at radius 1 is 0.825 bits per heavy atom. The molecule has 0 aliphatic carbocycles. The molecule has 1 aromatic carbocycles. The van der Waals surface area contributed by atoms with Crippen LogP contribution in [0.4, 0.5) is 4.79 Å². The molecule has 0 saturated carbocycles. The summed E-state index contributed by atoms with van der Waals surface area (Å²) in [6, 6.07) is 10.1. The molecule has 0 radical (unpaired) electrons. The first-order valence-corrected chi connectivity index (χ1v) is 18.7. The first kappa shape index (κ1) is 34.6. The predicted molar refractivity (Wildman–Crippen MR) is 173 cm³/mol. The molecule has 228 valence electrons. The Hall–Kier alpha value is -1.59. The maximum atomic E-state index is 13.1. The van der Waals surface area contributed by atoms with Gasteiger partial charge in [0, 0.05) is 6.54 Å². The number of carbonyl (C=O) groups is 1. The van der Waals surface area contributed by atoms with Gasteiger partial charge in [0.25, 0.3) is 0 Å². The first-order valence-electron chi connectivity index (χ1n) is 16.6. The van der Waals surface area contributed by atoms with Crippen LogP contribution >= 0.6 is 0 Å². The minimum Gasteiger partial charge on any atom is -0.440 e. The molecule has 0 unspecified atom stereocenters. The second-order valence-electron chi connectivity index (χ2n) is 12.9. The Balaban J connectivity index is 1.93. The van der Waals surface area contributed by atoms with Crippen LogP contribution in [-0.4, -0.2) is 38.1 Å². The largest absolute Gasteiger partial charge is 0.440 e. The molecule has 1 fully saturated rings. The third-order valence-electron chi connectivity index (χ3n) is 8.96. The molecule has 0 N–H and O–H groups in total. The van der Waals surface area contributed by atoms with Gasteiger partial charge in [-0.15, -0.1) is 0 Å². The van der Waals surface area contributed by atoms with E-state index >= 15 is 0 Å². The number of ether oxygens (including phenoxy) is 1. The summed E-state index contributed by atoms with van der Waals surface area (Å²) in [4.78, 5) is 15.0. The molecule has 2 rings (SSSR count). The number of hydrogen-bond acceptors (Lipinski definition) is 3. The molecule has 0 aromatic heterocycles. The fourth-order valence-corrected chi connectivity index (χ4v) is 12.2. The van der Waals surface area contributed by atoms with E-state index in [9.17, 15) is 4.79 Å². The summed E-state index contributed by atoms with van der Waals surface area (Å²) in [7, 11) is -2.06. The summed E-state index contributed by atoms with van der Waals surface area (Å²) in [5.74, 6) is 0. The van der Waals surface area contributed by atoms with Gasteiger partial charge in [0.1, 0.15) is 6.10 Å². The van der Waals surface area contributed by atoms with Gasteiger partial charge in [-0.2, -0.15) is 0 Å². The monoisotopic (exact) mass is 571 g/mol. The third-order valence-corrected chi connectivity index (χ3v) is 15.0. The molecule has 5 heteroatoms. The Morgan fingerprint density at radius 2 is 1.35 bits per heavy atom. The van der Waals surface area contributed by atoms with Crippen LogP contribution in [0.25, 0.3) is 0 Å². The van der Waals surface area contributed by atoms with Crippen LogP contribution in [0, 0.1) is 0 Å². The minimum absolute atomic E-state index is 0.107. The van der Waals surface area contributed by atoms with Gasteiger partial charge in [0.2, 0.25) is 0 Å². The SMILES string of the molecule is CCCCCCCCCCCCC/C=C/[C@@H]1OC(=O)N(Cc2ccccc2)[C@H]1CO[Si](C(C)C)(C(C)C)C(C)C. The van der Waals surface area contributed by atoms with Gasteiger partial charge >= 0.3 is 6.09 Å². The molecule has 40 heavy (non-hydrogen) atoms.